The van der Waals surface area contributed by atoms with Crippen LogP contribution in [0.3, 0.4) is 0 Å². The van der Waals surface area contributed by atoms with Crippen LogP contribution in [0, 0.1) is 6.92 Å². The maximum atomic E-state index is 14.3. The van der Waals surface area contributed by atoms with E-state index in [9.17, 15) is 18.0 Å². The van der Waals surface area contributed by atoms with Gasteiger partial charge in [0.15, 0.2) is 0 Å². The van der Waals surface area contributed by atoms with E-state index in [2.05, 4.69) is 5.32 Å². The molecule has 4 aromatic carbocycles. The number of rotatable bonds is 11. The fraction of sp³-hybridized carbons (Fsp3) is 0.188. The average Bonchev–Trinajstić information content (AvgIpc) is 3.00. The number of likely N-dealkylation sites (N-methyl/N-ethyl adjacent to an activating group) is 1. The molecule has 0 saturated heterocycles. The molecule has 0 aliphatic carbocycles. The number of amides is 2. The summed E-state index contributed by atoms with van der Waals surface area (Å²) >= 11 is 19.0. The Morgan fingerprint density at radius 1 is 0.837 bits per heavy atom. The van der Waals surface area contributed by atoms with Gasteiger partial charge in [0.2, 0.25) is 11.8 Å². The van der Waals surface area contributed by atoms with Gasteiger partial charge in [0.1, 0.15) is 12.6 Å². The van der Waals surface area contributed by atoms with Gasteiger partial charge in [-0.2, -0.15) is 0 Å². The lowest BCUT2D eigenvalue weighted by atomic mass is 10.0. The molecule has 0 spiro atoms. The molecule has 11 heteroatoms. The van der Waals surface area contributed by atoms with Gasteiger partial charge in [0.25, 0.3) is 10.0 Å². The number of aryl methyl sites for hydroxylation is 1. The number of halogens is 3. The standard InChI is InChI=1S/C32H30Cl3N3O4S/c1-22-13-16-26(19-28(22)34)38(43(41,42)27-11-7-4-8-12-27)21-31(39)37(20-24-14-15-25(33)18-29(24)35)30(32(40)36-2)17-23-9-5-3-6-10-23/h3-16,18-19,30H,17,20-21H2,1-2H3,(H,36,40)/t30-/m1/s1. The van der Waals surface area contributed by atoms with Crippen LogP contribution in [-0.2, 0) is 32.6 Å². The third-order valence-corrected chi connectivity index (χ3v) is 9.71. The number of hydrogen-bond donors (Lipinski definition) is 1. The number of nitrogens with zero attached hydrogens (tertiary/aromatic N) is 2. The van der Waals surface area contributed by atoms with E-state index in [1.54, 1.807) is 55.5 Å². The number of benzene rings is 4. The second kappa shape index (κ2) is 14.3. The summed E-state index contributed by atoms with van der Waals surface area (Å²) < 4.78 is 29.0. The maximum Gasteiger partial charge on any atom is 0.264 e. The van der Waals surface area contributed by atoms with Crippen molar-refractivity contribution >= 4 is 62.3 Å². The van der Waals surface area contributed by atoms with E-state index >= 15 is 0 Å². The van der Waals surface area contributed by atoms with Gasteiger partial charge in [-0.15, -0.1) is 0 Å². The van der Waals surface area contributed by atoms with Crippen molar-refractivity contribution in [1.29, 1.82) is 0 Å². The van der Waals surface area contributed by atoms with Crippen LogP contribution in [0.4, 0.5) is 5.69 Å². The molecule has 1 N–H and O–H groups in total. The molecular formula is C32H30Cl3N3O4S. The predicted octanol–water partition coefficient (Wildman–Crippen LogP) is 6.54. The molecule has 2 amide bonds. The van der Waals surface area contributed by atoms with Crippen LogP contribution in [0.1, 0.15) is 16.7 Å². The summed E-state index contributed by atoms with van der Waals surface area (Å²) in [5.41, 5.74) is 2.31. The quantitative estimate of drug-likeness (QED) is 0.198. The minimum Gasteiger partial charge on any atom is -0.357 e. The Kier molecular flexibility index (Phi) is 10.7. The Hall–Kier alpha value is -3.56. The van der Waals surface area contributed by atoms with Crippen molar-refractivity contribution in [2.24, 2.45) is 0 Å². The van der Waals surface area contributed by atoms with Crippen molar-refractivity contribution in [2.45, 2.75) is 30.8 Å². The minimum absolute atomic E-state index is 0.000991. The zero-order chi connectivity index (χ0) is 31.1. The zero-order valence-electron chi connectivity index (χ0n) is 23.5. The molecule has 0 bridgehead atoms. The number of hydrogen-bond acceptors (Lipinski definition) is 4. The number of nitrogens with one attached hydrogen (secondary N) is 1. The number of anilines is 1. The smallest absolute Gasteiger partial charge is 0.264 e. The van der Waals surface area contributed by atoms with E-state index in [1.807, 2.05) is 30.3 Å². The molecule has 0 heterocycles. The lowest BCUT2D eigenvalue weighted by Crippen LogP contribution is -2.53. The highest BCUT2D eigenvalue weighted by atomic mass is 35.5. The molecule has 7 nitrogen and oxygen atoms in total. The summed E-state index contributed by atoms with van der Waals surface area (Å²) in [5, 5.41) is 3.71. The van der Waals surface area contributed by atoms with Gasteiger partial charge >= 0.3 is 0 Å². The first kappa shape index (κ1) is 32.4. The van der Waals surface area contributed by atoms with Gasteiger partial charge in [0.05, 0.1) is 10.6 Å². The van der Waals surface area contributed by atoms with Crippen molar-refractivity contribution in [1.82, 2.24) is 10.2 Å². The molecule has 0 aromatic heterocycles. The van der Waals surface area contributed by atoms with Crippen molar-refractivity contribution in [3.63, 3.8) is 0 Å². The summed E-state index contributed by atoms with van der Waals surface area (Å²) in [6, 6.07) is 25.7. The van der Waals surface area contributed by atoms with Crippen LogP contribution in [0.2, 0.25) is 15.1 Å². The molecule has 0 aliphatic rings. The van der Waals surface area contributed by atoms with Crippen LogP contribution in [0.5, 0.6) is 0 Å². The lowest BCUT2D eigenvalue weighted by Gasteiger charge is -2.34. The van der Waals surface area contributed by atoms with Crippen molar-refractivity contribution in [3.8, 4) is 0 Å². The largest absolute Gasteiger partial charge is 0.357 e. The Bertz CT molecular complexity index is 1700. The highest BCUT2D eigenvalue weighted by Gasteiger charge is 2.34. The predicted molar refractivity (Wildman–Crippen MR) is 172 cm³/mol. The van der Waals surface area contributed by atoms with Gasteiger partial charge in [0, 0.05) is 35.1 Å². The Labute approximate surface area is 267 Å². The SMILES string of the molecule is CNC(=O)[C@@H](Cc1ccccc1)N(Cc1ccc(Cl)cc1Cl)C(=O)CN(c1ccc(C)c(Cl)c1)S(=O)(=O)c1ccccc1. The highest BCUT2D eigenvalue weighted by Crippen LogP contribution is 2.29. The van der Waals surface area contributed by atoms with Crippen LogP contribution in [0.15, 0.2) is 102 Å². The molecule has 4 rings (SSSR count). The maximum absolute atomic E-state index is 14.3. The van der Waals surface area contributed by atoms with E-state index in [4.69, 9.17) is 34.8 Å². The normalized spacial score (nSPS) is 11.9. The van der Waals surface area contributed by atoms with Crippen molar-refractivity contribution in [3.05, 3.63) is 129 Å². The third kappa shape index (κ3) is 7.89. The molecule has 0 aliphatic heterocycles. The average molecular weight is 659 g/mol. The summed E-state index contributed by atoms with van der Waals surface area (Å²) in [7, 11) is -2.74. The number of carbonyl (C=O) groups is 2. The van der Waals surface area contributed by atoms with E-state index < -0.39 is 34.4 Å². The van der Waals surface area contributed by atoms with E-state index in [0.29, 0.717) is 20.6 Å². The van der Waals surface area contributed by atoms with Crippen LogP contribution < -0.4 is 9.62 Å². The highest BCUT2D eigenvalue weighted by molar-refractivity contribution is 7.92. The van der Waals surface area contributed by atoms with Crippen LogP contribution in [0.25, 0.3) is 0 Å². The fourth-order valence-electron chi connectivity index (χ4n) is 4.54. The van der Waals surface area contributed by atoms with E-state index in [-0.39, 0.29) is 23.5 Å². The first-order chi connectivity index (χ1) is 20.5. The van der Waals surface area contributed by atoms with Gasteiger partial charge < -0.3 is 10.2 Å². The lowest BCUT2D eigenvalue weighted by molar-refractivity contribution is -0.139. The van der Waals surface area contributed by atoms with Gasteiger partial charge in [-0.1, -0.05) is 95.5 Å². The van der Waals surface area contributed by atoms with E-state index in [0.717, 1.165) is 15.4 Å². The topological polar surface area (TPSA) is 86.8 Å². The van der Waals surface area contributed by atoms with Crippen molar-refractivity contribution in [2.75, 3.05) is 17.9 Å². The molecule has 0 unspecified atom stereocenters. The van der Waals surface area contributed by atoms with Gasteiger partial charge in [-0.05, 0) is 60.0 Å². The fourth-order valence-corrected chi connectivity index (χ4v) is 6.61. The second-order valence-corrected chi connectivity index (χ2v) is 12.9. The first-order valence-electron chi connectivity index (χ1n) is 13.3. The molecule has 0 saturated carbocycles. The minimum atomic E-state index is -4.23. The second-order valence-electron chi connectivity index (χ2n) is 9.84. The number of carbonyl (C=O) groups excluding carboxylic acids is 2. The molecule has 0 fully saturated rings. The van der Waals surface area contributed by atoms with Gasteiger partial charge in [-0.3, -0.25) is 13.9 Å². The summed E-state index contributed by atoms with van der Waals surface area (Å²) in [6.45, 7) is 1.11. The Morgan fingerprint density at radius 3 is 2.09 bits per heavy atom. The summed E-state index contributed by atoms with van der Waals surface area (Å²) in [5.74, 6) is -1.04. The molecule has 224 valence electrons. The van der Waals surface area contributed by atoms with Gasteiger partial charge in [-0.25, -0.2) is 8.42 Å². The van der Waals surface area contributed by atoms with Crippen LogP contribution >= 0.6 is 34.8 Å². The number of sulfonamides is 1. The monoisotopic (exact) mass is 657 g/mol. The summed E-state index contributed by atoms with van der Waals surface area (Å²) in [6.07, 6.45) is 0.180. The third-order valence-electron chi connectivity index (χ3n) is 6.93. The molecule has 43 heavy (non-hydrogen) atoms. The molecule has 4 aromatic rings. The molecular weight excluding hydrogens is 629 g/mol. The first-order valence-corrected chi connectivity index (χ1v) is 15.9. The van der Waals surface area contributed by atoms with Crippen molar-refractivity contribution < 1.29 is 18.0 Å². The Balaban J connectivity index is 1.82. The molecule has 0 radical (unpaired) electrons. The zero-order valence-corrected chi connectivity index (χ0v) is 26.6. The molecule has 1 atom stereocenters. The Morgan fingerprint density at radius 2 is 1.49 bits per heavy atom. The van der Waals surface area contributed by atoms with E-state index in [1.165, 1.54) is 30.1 Å². The van der Waals surface area contributed by atoms with Crippen LogP contribution in [-0.4, -0.2) is 44.8 Å². The summed E-state index contributed by atoms with van der Waals surface area (Å²) in [4.78, 5) is 29.0.